The van der Waals surface area contributed by atoms with E-state index in [9.17, 15) is 14.4 Å². The Kier molecular flexibility index (Phi) is 10.5. The van der Waals surface area contributed by atoms with Crippen LogP contribution in [0.1, 0.15) is 66.0 Å². The second-order valence-corrected chi connectivity index (χ2v) is 9.55. The summed E-state index contributed by atoms with van der Waals surface area (Å²) in [6.07, 6.45) is -0.0311. The number of nitrogens with two attached hydrogens (primary N) is 1. The topological polar surface area (TPSA) is 132 Å². The molecule has 1 aromatic carbocycles. The maximum atomic E-state index is 12.5. The monoisotopic (exact) mass is 450 g/mol. The molecule has 0 fully saturated rings. The largest absolute Gasteiger partial charge is 0.444 e. The maximum absolute atomic E-state index is 12.5. The molecular formula is C23H38N4O5. The third-order valence-corrected chi connectivity index (χ3v) is 4.08. The van der Waals surface area contributed by atoms with Crippen LogP contribution in [0.4, 0.5) is 9.59 Å². The van der Waals surface area contributed by atoms with Crippen molar-refractivity contribution in [2.24, 2.45) is 5.73 Å². The van der Waals surface area contributed by atoms with Crippen molar-refractivity contribution in [3.05, 3.63) is 35.9 Å². The number of alkyl carbamates (subject to hydrolysis) is 2. The van der Waals surface area contributed by atoms with Crippen LogP contribution >= 0.6 is 0 Å². The SMILES string of the molecule is CC(C)(C)OC(=O)NCCC[C@@H](CNC(=O)[C@@H](N)c1ccccc1)NC(=O)OC(C)(C)C. The van der Waals surface area contributed by atoms with Gasteiger partial charge in [0.2, 0.25) is 5.91 Å². The van der Waals surface area contributed by atoms with Crippen LogP contribution in [-0.2, 0) is 14.3 Å². The molecule has 9 nitrogen and oxygen atoms in total. The smallest absolute Gasteiger partial charge is 0.407 e. The average Bonchev–Trinajstić information content (AvgIpc) is 2.66. The van der Waals surface area contributed by atoms with E-state index in [0.29, 0.717) is 24.9 Å². The molecule has 0 aliphatic carbocycles. The van der Waals surface area contributed by atoms with Crippen molar-refractivity contribution in [3.8, 4) is 0 Å². The van der Waals surface area contributed by atoms with Gasteiger partial charge in [0.05, 0.1) is 0 Å². The quantitative estimate of drug-likeness (QED) is 0.428. The Morgan fingerprint density at radius 1 is 0.906 bits per heavy atom. The van der Waals surface area contributed by atoms with E-state index in [2.05, 4.69) is 16.0 Å². The molecule has 1 rings (SSSR count). The minimum Gasteiger partial charge on any atom is -0.444 e. The number of rotatable bonds is 9. The predicted octanol–water partition coefficient (Wildman–Crippen LogP) is 3.00. The molecule has 0 heterocycles. The highest BCUT2D eigenvalue weighted by molar-refractivity contribution is 5.83. The summed E-state index contributed by atoms with van der Waals surface area (Å²) in [5, 5.41) is 8.24. The van der Waals surface area contributed by atoms with E-state index in [0.717, 1.165) is 0 Å². The molecule has 9 heteroatoms. The highest BCUT2D eigenvalue weighted by Crippen LogP contribution is 2.11. The molecule has 5 N–H and O–H groups in total. The minimum atomic E-state index is -0.813. The lowest BCUT2D eigenvalue weighted by Gasteiger charge is -2.24. The summed E-state index contributed by atoms with van der Waals surface area (Å²) in [4.78, 5) is 36.4. The van der Waals surface area contributed by atoms with Gasteiger partial charge in [0.15, 0.2) is 0 Å². The first kappa shape index (κ1) is 27.2. The van der Waals surface area contributed by atoms with Crippen LogP contribution in [0, 0.1) is 0 Å². The van der Waals surface area contributed by atoms with Gasteiger partial charge in [-0.3, -0.25) is 4.79 Å². The van der Waals surface area contributed by atoms with Crippen molar-refractivity contribution in [2.75, 3.05) is 13.1 Å². The summed E-state index contributed by atoms with van der Waals surface area (Å²) >= 11 is 0. The molecule has 3 amide bonds. The Morgan fingerprint density at radius 3 is 2.03 bits per heavy atom. The van der Waals surface area contributed by atoms with E-state index in [1.807, 2.05) is 18.2 Å². The van der Waals surface area contributed by atoms with Crippen LogP contribution in [-0.4, -0.2) is 48.4 Å². The number of ether oxygens (including phenoxy) is 2. The van der Waals surface area contributed by atoms with Crippen LogP contribution in [0.2, 0.25) is 0 Å². The standard InChI is InChI=1S/C23H38N4O5/c1-22(2,3)31-20(29)25-14-10-13-17(27-21(30)32-23(4,5)6)15-26-19(28)18(24)16-11-8-7-9-12-16/h7-9,11-12,17-18H,10,13-15,24H2,1-6H3,(H,25,29)(H,26,28)(H,27,30)/t17-,18-/m0/s1. The molecule has 0 saturated heterocycles. The van der Waals surface area contributed by atoms with E-state index in [1.54, 1.807) is 53.7 Å². The normalized spacial score (nSPS) is 13.5. The van der Waals surface area contributed by atoms with Crippen molar-refractivity contribution >= 4 is 18.1 Å². The molecule has 180 valence electrons. The van der Waals surface area contributed by atoms with Crippen molar-refractivity contribution in [1.82, 2.24) is 16.0 Å². The lowest BCUT2D eigenvalue weighted by atomic mass is 10.1. The fraction of sp³-hybridized carbons (Fsp3) is 0.609. The number of hydrogen-bond donors (Lipinski definition) is 4. The number of carbonyl (C=O) groups is 3. The molecular weight excluding hydrogens is 412 g/mol. The van der Waals surface area contributed by atoms with E-state index >= 15 is 0 Å². The van der Waals surface area contributed by atoms with Crippen LogP contribution < -0.4 is 21.7 Å². The van der Waals surface area contributed by atoms with Gasteiger partial charge in [0.25, 0.3) is 0 Å². The summed E-state index contributed by atoms with van der Waals surface area (Å²) < 4.78 is 10.5. The molecule has 0 aliphatic heterocycles. The van der Waals surface area contributed by atoms with E-state index in [-0.39, 0.29) is 12.5 Å². The Hall–Kier alpha value is -2.81. The lowest BCUT2D eigenvalue weighted by molar-refractivity contribution is -0.122. The second-order valence-electron chi connectivity index (χ2n) is 9.55. The molecule has 2 atom stereocenters. The first-order valence-corrected chi connectivity index (χ1v) is 10.8. The molecule has 0 aromatic heterocycles. The van der Waals surface area contributed by atoms with Crippen LogP contribution in [0.15, 0.2) is 30.3 Å². The van der Waals surface area contributed by atoms with E-state index < -0.39 is 35.5 Å². The van der Waals surface area contributed by atoms with E-state index in [1.165, 1.54) is 0 Å². The zero-order chi connectivity index (χ0) is 24.4. The third-order valence-electron chi connectivity index (χ3n) is 4.08. The average molecular weight is 451 g/mol. The first-order valence-electron chi connectivity index (χ1n) is 10.8. The van der Waals surface area contributed by atoms with Gasteiger partial charge in [0, 0.05) is 19.1 Å². The molecule has 32 heavy (non-hydrogen) atoms. The van der Waals surface area contributed by atoms with Crippen LogP contribution in [0.25, 0.3) is 0 Å². The Labute approximate surface area is 190 Å². The van der Waals surface area contributed by atoms with Crippen LogP contribution in [0.3, 0.4) is 0 Å². The number of hydrogen-bond acceptors (Lipinski definition) is 6. The zero-order valence-electron chi connectivity index (χ0n) is 20.0. The van der Waals surface area contributed by atoms with Gasteiger partial charge in [0.1, 0.15) is 17.2 Å². The van der Waals surface area contributed by atoms with Crippen LogP contribution in [0.5, 0.6) is 0 Å². The summed E-state index contributed by atoms with van der Waals surface area (Å²) in [6, 6.07) is 7.82. The molecule has 0 unspecified atom stereocenters. The van der Waals surface area contributed by atoms with Crippen molar-refractivity contribution < 1.29 is 23.9 Å². The van der Waals surface area contributed by atoms with Crippen molar-refractivity contribution in [3.63, 3.8) is 0 Å². The van der Waals surface area contributed by atoms with E-state index in [4.69, 9.17) is 15.2 Å². The summed E-state index contributed by atoms with van der Waals surface area (Å²) in [5.74, 6) is -0.348. The second kappa shape index (κ2) is 12.3. The molecule has 0 radical (unpaired) electrons. The number of carbonyl (C=O) groups excluding carboxylic acids is 3. The summed E-state index contributed by atoms with van der Waals surface area (Å²) in [7, 11) is 0. The summed E-state index contributed by atoms with van der Waals surface area (Å²) in [6.45, 7) is 11.2. The molecule has 1 aromatic rings. The number of amides is 3. The van der Waals surface area contributed by atoms with Crippen molar-refractivity contribution in [2.45, 2.75) is 77.7 Å². The zero-order valence-corrected chi connectivity index (χ0v) is 20.0. The predicted molar refractivity (Wildman–Crippen MR) is 123 cm³/mol. The molecule has 0 aliphatic rings. The van der Waals surface area contributed by atoms with Gasteiger partial charge >= 0.3 is 12.2 Å². The third kappa shape index (κ3) is 12.1. The molecule has 0 bridgehead atoms. The van der Waals surface area contributed by atoms with Gasteiger partial charge in [-0.1, -0.05) is 30.3 Å². The van der Waals surface area contributed by atoms with Gasteiger partial charge in [-0.25, -0.2) is 9.59 Å². The van der Waals surface area contributed by atoms with Gasteiger partial charge < -0.3 is 31.2 Å². The number of benzene rings is 1. The van der Waals surface area contributed by atoms with Gasteiger partial charge in [-0.05, 0) is 59.9 Å². The Balaban J connectivity index is 2.60. The summed E-state index contributed by atoms with van der Waals surface area (Å²) in [5.41, 5.74) is 5.50. The Morgan fingerprint density at radius 2 is 1.47 bits per heavy atom. The maximum Gasteiger partial charge on any atom is 0.407 e. The first-order chi connectivity index (χ1) is 14.8. The fourth-order valence-electron chi connectivity index (χ4n) is 2.70. The highest BCUT2D eigenvalue weighted by atomic mass is 16.6. The van der Waals surface area contributed by atoms with Gasteiger partial charge in [-0.2, -0.15) is 0 Å². The lowest BCUT2D eigenvalue weighted by Crippen LogP contribution is -2.47. The molecule has 0 spiro atoms. The van der Waals surface area contributed by atoms with Crippen molar-refractivity contribution in [1.29, 1.82) is 0 Å². The minimum absolute atomic E-state index is 0.172. The number of nitrogens with one attached hydrogen (secondary N) is 3. The van der Waals surface area contributed by atoms with Gasteiger partial charge in [-0.15, -0.1) is 0 Å². The Bertz CT molecular complexity index is 741. The highest BCUT2D eigenvalue weighted by Gasteiger charge is 2.22. The fourth-order valence-corrected chi connectivity index (χ4v) is 2.70. The molecule has 0 saturated carbocycles.